The van der Waals surface area contributed by atoms with E-state index in [0.29, 0.717) is 12.3 Å². The van der Waals surface area contributed by atoms with Crippen molar-refractivity contribution in [1.29, 1.82) is 0 Å². The molecule has 0 aliphatic carbocycles. The average Bonchev–Trinajstić information content (AvgIpc) is 2.80. The first-order valence-corrected chi connectivity index (χ1v) is 10.6. The van der Waals surface area contributed by atoms with Crippen LogP contribution in [-0.4, -0.2) is 6.61 Å². The molecule has 0 saturated heterocycles. The quantitative estimate of drug-likeness (QED) is 0.326. The van der Waals surface area contributed by atoms with E-state index in [-0.39, 0.29) is 11.2 Å². The summed E-state index contributed by atoms with van der Waals surface area (Å²) in [6.45, 7) is 10.4. The average molecular weight is 416 g/mol. The number of para-hydroxylation sites is 1. The lowest BCUT2D eigenvalue weighted by molar-refractivity contribution is 0.363. The summed E-state index contributed by atoms with van der Waals surface area (Å²) in [5, 5.41) is 3.17. The van der Waals surface area contributed by atoms with Crippen LogP contribution in [-0.2, 0) is 11.8 Å². The largest absolute Gasteiger partial charge is 0.490 e. The van der Waals surface area contributed by atoms with Gasteiger partial charge in [-0.15, -0.1) is 6.58 Å². The van der Waals surface area contributed by atoms with Gasteiger partial charge in [-0.1, -0.05) is 62.1 Å². The number of rotatable bonds is 11. The molecule has 0 spiro atoms. The Balaban J connectivity index is 1.63. The summed E-state index contributed by atoms with van der Waals surface area (Å²) in [5.41, 5.74) is 3.56. The van der Waals surface area contributed by atoms with Gasteiger partial charge in [0.1, 0.15) is 18.2 Å². The Kier molecular flexibility index (Phi) is 7.66. The van der Waals surface area contributed by atoms with E-state index in [4.69, 9.17) is 4.74 Å². The second kappa shape index (κ2) is 10.6. The molecule has 160 valence electrons. The third kappa shape index (κ3) is 6.08. The summed E-state index contributed by atoms with van der Waals surface area (Å²) in [5.74, 6) is 0.585. The Bertz CT molecular complexity index is 997. The minimum absolute atomic E-state index is 0.137. The van der Waals surface area contributed by atoms with Crippen LogP contribution in [0.3, 0.4) is 0 Å². The van der Waals surface area contributed by atoms with Gasteiger partial charge in [0.05, 0.1) is 5.69 Å². The van der Waals surface area contributed by atoms with Gasteiger partial charge < -0.3 is 10.1 Å². The lowest BCUT2D eigenvalue weighted by Gasteiger charge is -2.27. The number of ether oxygens (including phenoxy) is 1. The summed E-state index contributed by atoms with van der Waals surface area (Å²) >= 11 is 0. The predicted molar refractivity (Wildman–Crippen MR) is 129 cm³/mol. The zero-order valence-electron chi connectivity index (χ0n) is 18.1. The number of benzene rings is 3. The molecule has 0 aromatic heterocycles. The fourth-order valence-electron chi connectivity index (χ4n) is 3.61. The number of anilines is 2. The van der Waals surface area contributed by atoms with Crippen molar-refractivity contribution in [2.75, 3.05) is 11.9 Å². The highest BCUT2D eigenvalue weighted by Gasteiger charge is 2.22. The SMILES string of the molecule is C=CCOc1ccc(C(C)(C=C)CCCc2ccc(F)c(Nc3ccccc3)c2)cc1. The molecule has 0 fully saturated rings. The van der Waals surface area contributed by atoms with E-state index in [9.17, 15) is 4.39 Å². The highest BCUT2D eigenvalue weighted by atomic mass is 19.1. The number of aryl methyl sites for hydroxylation is 1. The molecule has 0 amide bonds. The number of hydrogen-bond donors (Lipinski definition) is 1. The summed E-state index contributed by atoms with van der Waals surface area (Å²) in [6.07, 6.45) is 6.53. The van der Waals surface area contributed by atoms with Gasteiger partial charge in [-0.3, -0.25) is 0 Å². The van der Waals surface area contributed by atoms with Gasteiger partial charge in [-0.05, 0) is 66.8 Å². The van der Waals surface area contributed by atoms with Crippen molar-refractivity contribution in [3.05, 3.63) is 115 Å². The van der Waals surface area contributed by atoms with Crippen LogP contribution in [0.2, 0.25) is 0 Å². The van der Waals surface area contributed by atoms with Crippen LogP contribution in [0.4, 0.5) is 15.8 Å². The molecule has 3 heteroatoms. The maximum atomic E-state index is 14.3. The summed E-state index contributed by atoms with van der Waals surface area (Å²) < 4.78 is 19.8. The first-order chi connectivity index (χ1) is 15.0. The number of halogens is 1. The molecule has 3 aromatic rings. The predicted octanol–water partition coefficient (Wildman–Crippen LogP) is 7.60. The first-order valence-electron chi connectivity index (χ1n) is 10.6. The molecule has 0 saturated carbocycles. The van der Waals surface area contributed by atoms with E-state index < -0.39 is 0 Å². The normalized spacial score (nSPS) is 12.6. The van der Waals surface area contributed by atoms with Gasteiger partial charge in [0.2, 0.25) is 0 Å². The molecule has 0 aliphatic rings. The van der Waals surface area contributed by atoms with E-state index in [1.165, 1.54) is 11.6 Å². The van der Waals surface area contributed by atoms with E-state index in [1.807, 2.05) is 60.7 Å². The molecule has 1 unspecified atom stereocenters. The number of nitrogens with one attached hydrogen (secondary N) is 1. The molecule has 0 aliphatic heterocycles. The zero-order chi connectivity index (χ0) is 22.1. The van der Waals surface area contributed by atoms with Crippen LogP contribution < -0.4 is 10.1 Å². The Morgan fingerprint density at radius 3 is 2.42 bits per heavy atom. The van der Waals surface area contributed by atoms with Crippen LogP contribution in [0.5, 0.6) is 5.75 Å². The van der Waals surface area contributed by atoms with Crippen molar-refractivity contribution >= 4 is 11.4 Å². The molecular formula is C28H30FNO. The van der Waals surface area contributed by atoms with Crippen LogP contribution in [0.1, 0.15) is 30.9 Å². The van der Waals surface area contributed by atoms with E-state index in [0.717, 1.165) is 36.3 Å². The molecule has 0 bridgehead atoms. The molecule has 3 aromatic carbocycles. The fourth-order valence-corrected chi connectivity index (χ4v) is 3.61. The van der Waals surface area contributed by atoms with Crippen LogP contribution in [0, 0.1) is 5.82 Å². The minimum Gasteiger partial charge on any atom is -0.490 e. The van der Waals surface area contributed by atoms with Gasteiger partial charge >= 0.3 is 0 Å². The molecule has 0 radical (unpaired) electrons. The molecule has 2 nitrogen and oxygen atoms in total. The standard InChI is InChI=1S/C28H30FNO/c1-4-20-31-25-16-14-23(15-17-25)28(3,5-2)19-9-10-22-13-18-26(29)27(21-22)30-24-11-7-6-8-12-24/h4-8,11-18,21,30H,1-2,9-10,19-20H2,3H3. The van der Waals surface area contributed by atoms with Crippen LogP contribution in [0.25, 0.3) is 0 Å². The van der Waals surface area contributed by atoms with Crippen molar-refractivity contribution in [2.45, 2.75) is 31.6 Å². The molecule has 3 rings (SSSR count). The Morgan fingerprint density at radius 2 is 1.74 bits per heavy atom. The van der Waals surface area contributed by atoms with Crippen molar-refractivity contribution in [2.24, 2.45) is 0 Å². The maximum Gasteiger partial charge on any atom is 0.146 e. The zero-order valence-corrected chi connectivity index (χ0v) is 18.1. The molecule has 1 N–H and O–H groups in total. The van der Waals surface area contributed by atoms with Crippen LogP contribution in [0.15, 0.2) is 98.1 Å². The number of allylic oxidation sites excluding steroid dienone is 1. The minimum atomic E-state index is -0.248. The van der Waals surface area contributed by atoms with Crippen molar-refractivity contribution in [3.63, 3.8) is 0 Å². The topological polar surface area (TPSA) is 21.3 Å². The summed E-state index contributed by atoms with van der Waals surface area (Å²) in [4.78, 5) is 0. The maximum absolute atomic E-state index is 14.3. The van der Waals surface area contributed by atoms with Crippen molar-refractivity contribution in [3.8, 4) is 5.75 Å². The van der Waals surface area contributed by atoms with Gasteiger partial charge in [0.15, 0.2) is 0 Å². The van der Waals surface area contributed by atoms with Crippen molar-refractivity contribution < 1.29 is 9.13 Å². The second-order valence-electron chi connectivity index (χ2n) is 7.90. The molecular weight excluding hydrogens is 385 g/mol. The highest BCUT2D eigenvalue weighted by molar-refractivity contribution is 5.60. The van der Waals surface area contributed by atoms with Gasteiger partial charge in [-0.25, -0.2) is 4.39 Å². The second-order valence-corrected chi connectivity index (χ2v) is 7.90. The highest BCUT2D eigenvalue weighted by Crippen LogP contribution is 2.32. The Morgan fingerprint density at radius 1 is 1.00 bits per heavy atom. The lowest BCUT2D eigenvalue weighted by Crippen LogP contribution is -2.18. The third-order valence-corrected chi connectivity index (χ3v) is 5.58. The van der Waals surface area contributed by atoms with E-state index >= 15 is 0 Å². The molecule has 1 atom stereocenters. The smallest absolute Gasteiger partial charge is 0.146 e. The lowest BCUT2D eigenvalue weighted by atomic mass is 9.78. The van der Waals surface area contributed by atoms with Gasteiger partial charge in [0, 0.05) is 11.1 Å². The summed E-state index contributed by atoms with van der Waals surface area (Å²) in [6, 6.07) is 23.1. The number of hydrogen-bond acceptors (Lipinski definition) is 2. The molecule has 31 heavy (non-hydrogen) atoms. The third-order valence-electron chi connectivity index (χ3n) is 5.58. The monoisotopic (exact) mass is 415 g/mol. The Labute approximate surface area is 185 Å². The van der Waals surface area contributed by atoms with E-state index in [2.05, 4.69) is 37.5 Å². The Hall–Kier alpha value is -3.33. The van der Waals surface area contributed by atoms with Gasteiger partial charge in [-0.2, -0.15) is 0 Å². The first kappa shape index (κ1) is 22.4. The van der Waals surface area contributed by atoms with Crippen LogP contribution >= 0.6 is 0 Å². The van der Waals surface area contributed by atoms with E-state index in [1.54, 1.807) is 6.08 Å². The summed E-state index contributed by atoms with van der Waals surface area (Å²) in [7, 11) is 0. The van der Waals surface area contributed by atoms with Crippen molar-refractivity contribution in [1.82, 2.24) is 0 Å². The fraction of sp³-hybridized carbons (Fsp3) is 0.214. The van der Waals surface area contributed by atoms with Gasteiger partial charge in [0.25, 0.3) is 0 Å². The molecule has 0 heterocycles.